The fourth-order valence-electron chi connectivity index (χ4n) is 2.23. The van der Waals surface area contributed by atoms with Crippen molar-refractivity contribution in [3.05, 3.63) is 54.1 Å². The van der Waals surface area contributed by atoms with Crippen molar-refractivity contribution in [1.82, 2.24) is 0 Å². The van der Waals surface area contributed by atoms with Crippen LogP contribution in [0.5, 0.6) is 11.5 Å². The third-order valence-corrected chi connectivity index (χ3v) is 5.33. The molecule has 0 radical (unpaired) electrons. The summed E-state index contributed by atoms with van der Waals surface area (Å²) < 4.78 is 40.1. The Kier molecular flexibility index (Phi) is 7.03. The van der Waals surface area contributed by atoms with Crippen LogP contribution in [-0.4, -0.2) is 40.0 Å². The van der Waals surface area contributed by atoms with Crippen LogP contribution in [0.1, 0.15) is 24.2 Å². The van der Waals surface area contributed by atoms with Crippen molar-refractivity contribution in [3.63, 3.8) is 0 Å². The normalized spacial score (nSPS) is 11.0. The Balaban J connectivity index is 1.90. The Labute approximate surface area is 153 Å². The molecule has 26 heavy (non-hydrogen) atoms. The molecule has 0 saturated heterocycles. The van der Waals surface area contributed by atoms with Crippen LogP contribution in [0.3, 0.4) is 0 Å². The summed E-state index contributed by atoms with van der Waals surface area (Å²) in [6.45, 7) is 4.19. The first-order valence-electron chi connectivity index (χ1n) is 8.32. The lowest BCUT2D eigenvalue weighted by Gasteiger charge is -2.10. The largest absolute Gasteiger partial charge is 0.494 e. The van der Waals surface area contributed by atoms with Crippen LogP contribution in [0.4, 0.5) is 0 Å². The van der Waals surface area contributed by atoms with E-state index < -0.39 is 15.8 Å². The topological polar surface area (TPSA) is 78.9 Å². The molecule has 0 aliphatic heterocycles. The van der Waals surface area contributed by atoms with Gasteiger partial charge in [-0.1, -0.05) is 19.1 Å². The zero-order valence-electron chi connectivity index (χ0n) is 14.8. The molecule has 0 unspecified atom stereocenters. The summed E-state index contributed by atoms with van der Waals surface area (Å²) in [5.41, 5.74) is 0.0374. The van der Waals surface area contributed by atoms with E-state index in [1.165, 1.54) is 19.1 Å². The zero-order valence-corrected chi connectivity index (χ0v) is 15.6. The van der Waals surface area contributed by atoms with E-state index in [9.17, 15) is 13.2 Å². The van der Waals surface area contributed by atoms with Crippen LogP contribution >= 0.6 is 0 Å². The molecule has 0 atom stereocenters. The summed E-state index contributed by atoms with van der Waals surface area (Å²) in [6.07, 6.45) is 0. The Bertz CT molecular complexity index is 827. The molecule has 0 amide bonds. The summed E-state index contributed by atoms with van der Waals surface area (Å²) in [7, 11) is -3.50. The predicted octanol–water partition coefficient (Wildman–Crippen LogP) is 3.11. The highest BCUT2D eigenvalue weighted by Crippen LogP contribution is 2.19. The van der Waals surface area contributed by atoms with Crippen molar-refractivity contribution in [2.45, 2.75) is 18.7 Å². The first kappa shape index (κ1) is 19.8. The molecule has 0 aromatic heterocycles. The highest BCUT2D eigenvalue weighted by atomic mass is 32.2. The van der Waals surface area contributed by atoms with E-state index in [1.807, 2.05) is 6.92 Å². The van der Waals surface area contributed by atoms with Gasteiger partial charge in [-0.05, 0) is 43.3 Å². The van der Waals surface area contributed by atoms with E-state index >= 15 is 0 Å². The maximum absolute atomic E-state index is 12.2. The van der Waals surface area contributed by atoms with Crippen LogP contribution in [0.15, 0.2) is 53.4 Å². The summed E-state index contributed by atoms with van der Waals surface area (Å²) in [5.74, 6) is 0.601. The van der Waals surface area contributed by atoms with Gasteiger partial charge in [0.2, 0.25) is 0 Å². The molecule has 2 rings (SSSR count). The van der Waals surface area contributed by atoms with E-state index in [-0.39, 0.29) is 29.4 Å². The van der Waals surface area contributed by atoms with Gasteiger partial charge >= 0.3 is 5.97 Å². The first-order valence-corrected chi connectivity index (χ1v) is 9.97. The fraction of sp³-hybridized carbons (Fsp3) is 0.316. The maximum atomic E-state index is 12.2. The van der Waals surface area contributed by atoms with Crippen LogP contribution in [-0.2, 0) is 14.6 Å². The van der Waals surface area contributed by atoms with Crippen molar-refractivity contribution in [3.8, 4) is 11.5 Å². The molecule has 0 N–H and O–H groups in total. The van der Waals surface area contributed by atoms with E-state index in [0.717, 1.165) is 5.75 Å². The first-order chi connectivity index (χ1) is 12.5. The average Bonchev–Trinajstić information content (AvgIpc) is 2.66. The molecule has 0 bridgehead atoms. The molecule has 0 aliphatic carbocycles. The molecule has 0 fully saturated rings. The van der Waals surface area contributed by atoms with Crippen LogP contribution in [0.25, 0.3) is 0 Å². The predicted molar refractivity (Wildman–Crippen MR) is 97.6 cm³/mol. The minimum atomic E-state index is -3.50. The lowest BCUT2D eigenvalue weighted by Crippen LogP contribution is -2.16. The average molecular weight is 378 g/mol. The van der Waals surface area contributed by atoms with Gasteiger partial charge in [0.15, 0.2) is 9.84 Å². The van der Waals surface area contributed by atoms with Crippen LogP contribution in [0.2, 0.25) is 0 Å². The number of benzene rings is 2. The van der Waals surface area contributed by atoms with E-state index in [2.05, 4.69) is 0 Å². The quantitative estimate of drug-likeness (QED) is 0.493. The summed E-state index contributed by atoms with van der Waals surface area (Å²) in [5, 5.41) is 0. The Hall–Kier alpha value is -2.54. The molecule has 0 spiro atoms. The standard InChI is InChI=1S/C19H22O6S/c1-3-23-15-9-11-16(12-10-15)24-13-14-25-19(20)17-7-5-6-8-18(17)26(21,22)4-2/h5-12H,3-4,13-14H2,1-2H3. The second-order valence-corrected chi connectivity index (χ2v) is 7.54. The number of hydrogen-bond acceptors (Lipinski definition) is 6. The third-order valence-electron chi connectivity index (χ3n) is 3.54. The molecule has 0 aliphatic rings. The number of esters is 1. The van der Waals surface area contributed by atoms with Gasteiger partial charge < -0.3 is 14.2 Å². The summed E-state index contributed by atoms with van der Waals surface area (Å²) >= 11 is 0. The summed E-state index contributed by atoms with van der Waals surface area (Å²) in [4.78, 5) is 12.2. The SMILES string of the molecule is CCOc1ccc(OCCOC(=O)c2ccccc2S(=O)(=O)CC)cc1. The lowest BCUT2D eigenvalue weighted by atomic mass is 10.2. The van der Waals surface area contributed by atoms with E-state index in [0.29, 0.717) is 12.4 Å². The fourth-order valence-corrected chi connectivity index (χ4v) is 3.32. The molecular formula is C19H22O6S. The number of carbonyl (C=O) groups excluding carboxylic acids is 1. The van der Waals surface area contributed by atoms with Gasteiger partial charge in [0.25, 0.3) is 0 Å². The highest BCUT2D eigenvalue weighted by molar-refractivity contribution is 7.91. The maximum Gasteiger partial charge on any atom is 0.339 e. The van der Waals surface area contributed by atoms with Crippen molar-refractivity contribution >= 4 is 15.8 Å². The second-order valence-electron chi connectivity index (χ2n) is 5.29. The lowest BCUT2D eigenvalue weighted by molar-refractivity contribution is 0.0446. The second kappa shape index (κ2) is 9.24. The number of hydrogen-bond donors (Lipinski definition) is 0. The van der Waals surface area contributed by atoms with Gasteiger partial charge in [-0.3, -0.25) is 0 Å². The Morgan fingerprint density at radius 3 is 2.12 bits per heavy atom. The number of sulfone groups is 1. The minimum Gasteiger partial charge on any atom is -0.494 e. The number of carbonyl (C=O) groups is 1. The highest BCUT2D eigenvalue weighted by Gasteiger charge is 2.21. The van der Waals surface area contributed by atoms with Gasteiger partial charge in [-0.15, -0.1) is 0 Å². The van der Waals surface area contributed by atoms with Gasteiger partial charge in [0.1, 0.15) is 24.7 Å². The Morgan fingerprint density at radius 1 is 0.885 bits per heavy atom. The van der Waals surface area contributed by atoms with Crippen molar-refractivity contribution in [2.75, 3.05) is 25.6 Å². The monoisotopic (exact) mass is 378 g/mol. The Morgan fingerprint density at radius 2 is 1.50 bits per heavy atom. The smallest absolute Gasteiger partial charge is 0.339 e. The molecule has 2 aromatic carbocycles. The summed E-state index contributed by atoms with van der Waals surface area (Å²) in [6, 6.07) is 13.1. The van der Waals surface area contributed by atoms with Crippen LogP contribution in [0, 0.1) is 0 Å². The molecule has 7 heteroatoms. The van der Waals surface area contributed by atoms with Gasteiger partial charge in [0, 0.05) is 0 Å². The van der Waals surface area contributed by atoms with E-state index in [4.69, 9.17) is 14.2 Å². The van der Waals surface area contributed by atoms with Crippen LogP contribution < -0.4 is 9.47 Å². The third kappa shape index (κ3) is 5.23. The molecule has 140 valence electrons. The van der Waals surface area contributed by atoms with E-state index in [1.54, 1.807) is 36.4 Å². The van der Waals surface area contributed by atoms with Gasteiger partial charge in [-0.2, -0.15) is 0 Å². The van der Waals surface area contributed by atoms with Crippen molar-refractivity contribution in [2.24, 2.45) is 0 Å². The zero-order chi connectivity index (χ0) is 19.0. The van der Waals surface area contributed by atoms with Gasteiger partial charge in [0.05, 0.1) is 22.8 Å². The van der Waals surface area contributed by atoms with Crippen molar-refractivity contribution < 1.29 is 27.4 Å². The number of ether oxygens (including phenoxy) is 3. The minimum absolute atomic E-state index is 0.00650. The van der Waals surface area contributed by atoms with Gasteiger partial charge in [-0.25, -0.2) is 13.2 Å². The molecule has 6 nitrogen and oxygen atoms in total. The number of rotatable bonds is 9. The molecule has 2 aromatic rings. The molecule has 0 heterocycles. The molecular weight excluding hydrogens is 356 g/mol. The van der Waals surface area contributed by atoms with Crippen molar-refractivity contribution in [1.29, 1.82) is 0 Å². The molecule has 0 saturated carbocycles.